The van der Waals surface area contributed by atoms with Crippen molar-refractivity contribution in [3.63, 3.8) is 0 Å². The molecule has 3 aromatic rings. The molecule has 3 heterocycles. The zero-order valence-corrected chi connectivity index (χ0v) is 18.2. The number of carbonyl (C=O) groups excluding carboxylic acids is 1. The molecule has 1 aliphatic heterocycles. The number of anilines is 1. The number of aromatic nitrogens is 3. The molecule has 1 saturated heterocycles. The highest BCUT2D eigenvalue weighted by Crippen LogP contribution is 2.24. The molecule has 0 spiro atoms. The molecule has 1 fully saturated rings. The number of nitrogens with zero attached hydrogens (tertiary/aromatic N) is 4. The molecular weight excluding hydrogens is 418 g/mol. The number of pyridine rings is 1. The normalized spacial score (nSPS) is 16.9. The molecule has 31 heavy (non-hydrogen) atoms. The Morgan fingerprint density at radius 1 is 1.23 bits per heavy atom. The summed E-state index contributed by atoms with van der Waals surface area (Å²) in [6, 6.07) is 12.0. The number of benzene rings is 1. The van der Waals surface area contributed by atoms with Crippen LogP contribution in [0.15, 0.2) is 41.0 Å². The number of hydrogen-bond acceptors (Lipinski definition) is 7. The third-order valence-electron chi connectivity index (χ3n) is 5.09. The van der Waals surface area contributed by atoms with Crippen LogP contribution in [0.4, 0.5) is 5.82 Å². The Morgan fingerprint density at radius 2 is 2.10 bits per heavy atom. The molecule has 0 bridgehead atoms. The fourth-order valence-corrected chi connectivity index (χ4v) is 3.88. The smallest absolute Gasteiger partial charge is 0.239 e. The van der Waals surface area contributed by atoms with Crippen molar-refractivity contribution in [1.82, 2.24) is 20.2 Å². The first-order valence-corrected chi connectivity index (χ1v) is 10.5. The van der Waals surface area contributed by atoms with Crippen LogP contribution in [-0.4, -0.2) is 52.3 Å². The SMILES string of the molecule is Cc1cc(Cc2cccc(Cl)c2)cc(C2CN(CC(=O)Nc3nonc3C)CCO2)n1. The van der Waals surface area contributed by atoms with Crippen LogP contribution in [0.2, 0.25) is 5.02 Å². The van der Waals surface area contributed by atoms with Gasteiger partial charge in [-0.25, -0.2) is 4.63 Å². The molecule has 1 aliphatic rings. The highest BCUT2D eigenvalue weighted by Gasteiger charge is 2.25. The van der Waals surface area contributed by atoms with Crippen molar-refractivity contribution in [3.05, 3.63) is 69.6 Å². The van der Waals surface area contributed by atoms with Crippen molar-refractivity contribution in [2.45, 2.75) is 26.4 Å². The Hall–Kier alpha value is -2.81. The van der Waals surface area contributed by atoms with Gasteiger partial charge in [-0.15, -0.1) is 0 Å². The molecule has 1 unspecified atom stereocenters. The van der Waals surface area contributed by atoms with Crippen LogP contribution in [0.5, 0.6) is 0 Å². The van der Waals surface area contributed by atoms with E-state index >= 15 is 0 Å². The van der Waals surface area contributed by atoms with E-state index in [0.29, 0.717) is 31.2 Å². The number of hydrogen-bond donors (Lipinski definition) is 1. The Labute approximate surface area is 185 Å². The molecule has 9 heteroatoms. The number of rotatable bonds is 6. The van der Waals surface area contributed by atoms with Gasteiger partial charge in [0.1, 0.15) is 11.8 Å². The van der Waals surface area contributed by atoms with Crippen LogP contribution in [0.3, 0.4) is 0 Å². The van der Waals surface area contributed by atoms with Gasteiger partial charge < -0.3 is 10.1 Å². The molecule has 162 valence electrons. The minimum atomic E-state index is -0.199. The zero-order chi connectivity index (χ0) is 21.8. The fraction of sp³-hybridized carbons (Fsp3) is 0.364. The molecule has 4 rings (SSSR count). The van der Waals surface area contributed by atoms with Gasteiger partial charge in [-0.3, -0.25) is 14.7 Å². The third kappa shape index (κ3) is 5.66. The van der Waals surface area contributed by atoms with E-state index in [1.54, 1.807) is 6.92 Å². The number of morpholine rings is 1. The van der Waals surface area contributed by atoms with Crippen molar-refractivity contribution in [1.29, 1.82) is 0 Å². The molecular formula is C22H24ClN5O3. The summed E-state index contributed by atoms with van der Waals surface area (Å²) in [5, 5.41) is 10.8. The minimum Gasteiger partial charge on any atom is -0.369 e. The molecule has 0 saturated carbocycles. The quantitative estimate of drug-likeness (QED) is 0.627. The maximum absolute atomic E-state index is 12.4. The summed E-state index contributed by atoms with van der Waals surface area (Å²) in [5.41, 5.74) is 4.65. The maximum Gasteiger partial charge on any atom is 0.239 e. The van der Waals surface area contributed by atoms with E-state index in [1.165, 1.54) is 0 Å². The summed E-state index contributed by atoms with van der Waals surface area (Å²) in [6.45, 7) is 5.71. The lowest BCUT2D eigenvalue weighted by molar-refractivity contribution is -0.119. The van der Waals surface area contributed by atoms with Gasteiger partial charge >= 0.3 is 0 Å². The lowest BCUT2D eigenvalue weighted by Gasteiger charge is -2.32. The van der Waals surface area contributed by atoms with Gasteiger partial charge in [0, 0.05) is 23.8 Å². The standard InChI is InChI=1S/C22H24ClN5O3/c1-14-8-17(9-16-4-3-5-18(23)10-16)11-19(24-14)20-12-28(6-7-30-20)13-21(29)25-22-15(2)26-31-27-22/h3-5,8,10-11,20H,6-7,9,12-13H2,1-2H3,(H,25,27,29). The van der Waals surface area contributed by atoms with Crippen LogP contribution < -0.4 is 5.32 Å². The van der Waals surface area contributed by atoms with Crippen LogP contribution in [0, 0.1) is 13.8 Å². The Kier molecular flexibility index (Phi) is 6.60. The van der Waals surface area contributed by atoms with Crippen molar-refractivity contribution in [2.75, 3.05) is 31.6 Å². The largest absolute Gasteiger partial charge is 0.369 e. The number of carbonyl (C=O) groups is 1. The van der Waals surface area contributed by atoms with Crippen LogP contribution >= 0.6 is 11.6 Å². The number of ether oxygens (including phenoxy) is 1. The van der Waals surface area contributed by atoms with Gasteiger partial charge in [-0.1, -0.05) is 28.9 Å². The van der Waals surface area contributed by atoms with Gasteiger partial charge in [0.25, 0.3) is 0 Å². The molecule has 1 aromatic carbocycles. The van der Waals surface area contributed by atoms with E-state index in [-0.39, 0.29) is 18.6 Å². The molecule has 8 nitrogen and oxygen atoms in total. The summed E-state index contributed by atoms with van der Waals surface area (Å²) in [5.74, 6) is 0.180. The topological polar surface area (TPSA) is 93.4 Å². The average Bonchev–Trinajstić information content (AvgIpc) is 3.12. The maximum atomic E-state index is 12.4. The first-order valence-electron chi connectivity index (χ1n) is 10.1. The summed E-state index contributed by atoms with van der Waals surface area (Å²) < 4.78 is 10.6. The van der Waals surface area contributed by atoms with E-state index in [1.807, 2.05) is 30.0 Å². The van der Waals surface area contributed by atoms with Crippen LogP contribution in [0.1, 0.15) is 34.3 Å². The van der Waals surface area contributed by atoms with Crippen molar-refractivity contribution in [3.8, 4) is 0 Å². The predicted octanol–water partition coefficient (Wildman–Crippen LogP) is 3.34. The zero-order valence-electron chi connectivity index (χ0n) is 17.5. The Balaban J connectivity index is 1.42. The number of amides is 1. The van der Waals surface area contributed by atoms with Gasteiger partial charge in [-0.2, -0.15) is 0 Å². The van der Waals surface area contributed by atoms with Gasteiger partial charge in [0.05, 0.1) is 18.8 Å². The fourth-order valence-electron chi connectivity index (χ4n) is 3.66. The molecule has 1 amide bonds. The van der Waals surface area contributed by atoms with E-state index in [0.717, 1.165) is 34.0 Å². The van der Waals surface area contributed by atoms with Crippen LogP contribution in [-0.2, 0) is 16.0 Å². The van der Waals surface area contributed by atoms with Crippen molar-refractivity contribution < 1.29 is 14.2 Å². The first-order chi connectivity index (χ1) is 15.0. The van der Waals surface area contributed by atoms with Crippen LogP contribution in [0.25, 0.3) is 0 Å². The second-order valence-corrected chi connectivity index (χ2v) is 8.13. The molecule has 1 N–H and O–H groups in total. The van der Waals surface area contributed by atoms with E-state index in [9.17, 15) is 4.79 Å². The lowest BCUT2D eigenvalue weighted by Crippen LogP contribution is -2.42. The van der Waals surface area contributed by atoms with Crippen molar-refractivity contribution in [2.24, 2.45) is 0 Å². The molecule has 0 aliphatic carbocycles. The summed E-state index contributed by atoms with van der Waals surface area (Å²) in [6.07, 6.45) is 0.566. The number of halogens is 1. The first kappa shape index (κ1) is 21.4. The summed E-state index contributed by atoms with van der Waals surface area (Å²) in [7, 11) is 0. The van der Waals surface area contributed by atoms with Gasteiger partial charge in [0.15, 0.2) is 5.82 Å². The third-order valence-corrected chi connectivity index (χ3v) is 5.32. The predicted molar refractivity (Wildman–Crippen MR) is 116 cm³/mol. The summed E-state index contributed by atoms with van der Waals surface area (Å²) >= 11 is 6.12. The highest BCUT2D eigenvalue weighted by molar-refractivity contribution is 6.30. The second-order valence-electron chi connectivity index (χ2n) is 7.69. The van der Waals surface area contributed by atoms with E-state index < -0.39 is 0 Å². The monoisotopic (exact) mass is 441 g/mol. The van der Waals surface area contributed by atoms with Gasteiger partial charge in [0.2, 0.25) is 5.91 Å². The Bertz CT molecular complexity index is 1070. The second kappa shape index (κ2) is 9.55. The highest BCUT2D eigenvalue weighted by atomic mass is 35.5. The van der Waals surface area contributed by atoms with Crippen molar-refractivity contribution >= 4 is 23.3 Å². The number of nitrogens with one attached hydrogen (secondary N) is 1. The van der Waals surface area contributed by atoms with E-state index in [4.69, 9.17) is 21.3 Å². The molecule has 0 radical (unpaired) electrons. The number of aryl methyl sites for hydroxylation is 2. The average molecular weight is 442 g/mol. The lowest BCUT2D eigenvalue weighted by atomic mass is 10.0. The summed E-state index contributed by atoms with van der Waals surface area (Å²) in [4.78, 5) is 19.1. The Morgan fingerprint density at radius 3 is 2.87 bits per heavy atom. The minimum absolute atomic E-state index is 0.168. The molecule has 2 aromatic heterocycles. The van der Waals surface area contributed by atoms with E-state index in [2.05, 4.69) is 38.5 Å². The molecule has 1 atom stereocenters. The van der Waals surface area contributed by atoms with Gasteiger partial charge in [-0.05, 0) is 60.8 Å².